The molecule has 0 radical (unpaired) electrons. The van der Waals surface area contributed by atoms with E-state index >= 15 is 0 Å². The Morgan fingerprint density at radius 2 is 1.40 bits per heavy atom. The number of benzene rings is 1. The van der Waals surface area contributed by atoms with E-state index in [1.807, 2.05) is 13.8 Å². The van der Waals surface area contributed by atoms with Gasteiger partial charge in [0, 0.05) is 39.5 Å². The van der Waals surface area contributed by atoms with E-state index in [0.29, 0.717) is 12.2 Å². The van der Waals surface area contributed by atoms with Gasteiger partial charge in [-0.2, -0.15) is 0 Å². The van der Waals surface area contributed by atoms with Crippen LogP contribution in [0.1, 0.15) is 46.1 Å². The molecule has 2 saturated heterocycles. The molecular weight excluding hydrogens is 824 g/mol. The molecule has 0 spiro atoms. The average molecular weight is 887 g/mol. The van der Waals surface area contributed by atoms with Crippen molar-refractivity contribution >= 4 is 41.6 Å². The van der Waals surface area contributed by atoms with Crippen LogP contribution in [-0.4, -0.2) is 194 Å². The smallest absolute Gasteiger partial charge is 0.409 e. The fourth-order valence-corrected chi connectivity index (χ4v) is 5.93. The van der Waals surface area contributed by atoms with Gasteiger partial charge in [0.05, 0.1) is 77.6 Å². The molecule has 62 heavy (non-hydrogen) atoms. The number of likely N-dealkylation sites (N-methyl/N-ethyl adjacent to an activating group) is 2. The van der Waals surface area contributed by atoms with E-state index in [1.165, 1.54) is 47.0 Å². The first kappa shape index (κ1) is 51.7. The Hall–Kier alpha value is -4.68. The number of carboxylic acid groups (broad SMARTS) is 1. The lowest BCUT2D eigenvalue weighted by molar-refractivity contribution is -0.271. The van der Waals surface area contributed by atoms with Crippen LogP contribution in [0.3, 0.4) is 0 Å². The van der Waals surface area contributed by atoms with Crippen molar-refractivity contribution in [1.29, 1.82) is 0 Å². The fourth-order valence-electron chi connectivity index (χ4n) is 5.93. The third-order valence-electron chi connectivity index (χ3n) is 9.60. The predicted molar refractivity (Wildman–Crippen MR) is 215 cm³/mol. The van der Waals surface area contributed by atoms with Crippen LogP contribution < -0.4 is 10.1 Å². The van der Waals surface area contributed by atoms with Gasteiger partial charge < -0.3 is 73.4 Å². The van der Waals surface area contributed by atoms with E-state index < -0.39 is 54.8 Å². The van der Waals surface area contributed by atoms with Crippen LogP contribution in [0.15, 0.2) is 18.2 Å². The standard InChI is InChI=1S/C40H62N4O18/c1-24(2)27-22-31(46)44(36(27)50)12-14-56-16-18-58-20-19-57-17-15-55-13-9-30(45)41-28-21-26(23-59-39(53)42(5)10-11-43(6)40(54)60-25(3)4)7-8-29(28)61-38-34(49)32(47)33(48)35(62-38)37(51)52/h7-8,21,24-25,27,32-35,38,47-49H,9-20,22-23H2,1-6H3,(H,41,45)(H,51,52)/t27?,32-,33-,34+,35-,38+/m0/s1. The highest BCUT2D eigenvalue weighted by Gasteiger charge is 2.48. The number of aliphatic carboxylic acids is 1. The van der Waals surface area contributed by atoms with Crippen molar-refractivity contribution in [3.05, 3.63) is 23.8 Å². The molecule has 2 fully saturated rings. The van der Waals surface area contributed by atoms with Crippen molar-refractivity contribution in [2.75, 3.05) is 91.9 Å². The summed E-state index contributed by atoms with van der Waals surface area (Å²) >= 11 is 0. The molecule has 22 heteroatoms. The van der Waals surface area contributed by atoms with Gasteiger partial charge in [-0.3, -0.25) is 19.3 Å². The topological polar surface area (TPSA) is 279 Å². The molecule has 0 aromatic heterocycles. The maximum atomic E-state index is 13.0. The van der Waals surface area contributed by atoms with Crippen LogP contribution in [-0.2, 0) is 58.9 Å². The lowest BCUT2D eigenvalue weighted by Crippen LogP contribution is -2.61. The largest absolute Gasteiger partial charge is 0.479 e. The Labute approximate surface area is 360 Å². The number of nitrogens with one attached hydrogen (secondary N) is 1. The number of amides is 5. The number of carboxylic acids is 1. The number of hydrogen-bond donors (Lipinski definition) is 5. The Morgan fingerprint density at radius 1 is 0.823 bits per heavy atom. The molecule has 1 aromatic rings. The molecule has 1 aromatic carbocycles. The van der Waals surface area contributed by atoms with Crippen LogP contribution in [0.4, 0.5) is 15.3 Å². The van der Waals surface area contributed by atoms with Gasteiger partial charge >= 0.3 is 18.2 Å². The minimum atomic E-state index is -1.95. The van der Waals surface area contributed by atoms with Crippen LogP contribution in [0, 0.1) is 11.8 Å². The van der Waals surface area contributed by atoms with Crippen molar-refractivity contribution < 1.29 is 87.1 Å². The number of ether oxygens (including phenoxy) is 8. The molecule has 350 valence electrons. The summed E-state index contributed by atoms with van der Waals surface area (Å²) < 4.78 is 43.4. The number of hydrogen-bond acceptors (Lipinski definition) is 17. The van der Waals surface area contributed by atoms with Crippen molar-refractivity contribution in [1.82, 2.24) is 14.7 Å². The van der Waals surface area contributed by atoms with E-state index in [2.05, 4.69) is 5.32 Å². The Bertz CT molecular complexity index is 1630. The maximum Gasteiger partial charge on any atom is 0.409 e. The second kappa shape index (κ2) is 26.1. The normalized spacial score (nSPS) is 21.3. The van der Waals surface area contributed by atoms with Gasteiger partial charge in [0.15, 0.2) is 6.10 Å². The molecular formula is C40H62N4O18. The van der Waals surface area contributed by atoms with Gasteiger partial charge in [-0.15, -0.1) is 0 Å². The Morgan fingerprint density at radius 3 is 1.97 bits per heavy atom. The van der Waals surface area contributed by atoms with E-state index in [0.717, 1.165) is 0 Å². The number of anilines is 1. The highest BCUT2D eigenvalue weighted by molar-refractivity contribution is 6.03. The molecule has 2 aliphatic heterocycles. The maximum absolute atomic E-state index is 13.0. The van der Waals surface area contributed by atoms with Crippen LogP contribution in [0.25, 0.3) is 0 Å². The van der Waals surface area contributed by atoms with Gasteiger partial charge in [0.2, 0.25) is 24.0 Å². The molecule has 3 rings (SSSR count). The SMILES string of the molecule is CC(C)OC(=O)N(C)CCN(C)C(=O)OCc1ccc(O[C@@H]2O[C@H](C(=O)O)[C@@H](O)[C@H](O)[C@H]2O)c(NC(=O)CCOCCOCCOCCOCCN2C(=O)CC(C(C)C)C2=O)c1. The summed E-state index contributed by atoms with van der Waals surface area (Å²) in [5.74, 6) is -2.76. The molecule has 2 aliphatic rings. The summed E-state index contributed by atoms with van der Waals surface area (Å²) in [4.78, 5) is 77.6. The number of aliphatic hydroxyl groups excluding tert-OH is 3. The number of carbonyl (C=O) groups excluding carboxylic acids is 5. The summed E-state index contributed by atoms with van der Waals surface area (Å²) in [5, 5.41) is 42.9. The molecule has 22 nitrogen and oxygen atoms in total. The van der Waals surface area contributed by atoms with Crippen molar-refractivity contribution in [3.8, 4) is 5.75 Å². The van der Waals surface area contributed by atoms with Gasteiger partial charge in [-0.05, 0) is 37.5 Å². The van der Waals surface area contributed by atoms with Gasteiger partial charge in [0.25, 0.3) is 0 Å². The van der Waals surface area contributed by atoms with E-state index in [1.54, 1.807) is 13.8 Å². The molecule has 5 amide bonds. The van der Waals surface area contributed by atoms with Crippen LogP contribution in [0.5, 0.6) is 5.75 Å². The number of aliphatic hydroxyl groups is 3. The minimum Gasteiger partial charge on any atom is -0.479 e. The molecule has 6 atom stereocenters. The lowest BCUT2D eigenvalue weighted by Gasteiger charge is -2.38. The highest BCUT2D eigenvalue weighted by atomic mass is 16.7. The summed E-state index contributed by atoms with van der Waals surface area (Å²) in [6, 6.07) is 4.22. The number of rotatable bonds is 26. The number of imide groups is 1. The van der Waals surface area contributed by atoms with Gasteiger partial charge in [0.1, 0.15) is 30.7 Å². The molecule has 0 aliphatic carbocycles. The average Bonchev–Trinajstić information content (AvgIpc) is 3.51. The Kier molecular flexibility index (Phi) is 21.7. The predicted octanol–water partition coefficient (Wildman–Crippen LogP) is 0.429. The fraction of sp³-hybridized carbons (Fsp3) is 0.700. The lowest BCUT2D eigenvalue weighted by atomic mass is 9.94. The van der Waals surface area contributed by atoms with Crippen LogP contribution >= 0.6 is 0 Å². The second-order valence-corrected chi connectivity index (χ2v) is 15.2. The Balaban J connectivity index is 1.43. The zero-order chi connectivity index (χ0) is 45.9. The number of nitrogens with zero attached hydrogens (tertiary/aromatic N) is 3. The highest BCUT2D eigenvalue weighted by Crippen LogP contribution is 2.31. The summed E-state index contributed by atoms with van der Waals surface area (Å²) in [5.41, 5.74) is 0.393. The van der Waals surface area contributed by atoms with E-state index in [-0.39, 0.29) is 127 Å². The summed E-state index contributed by atoms with van der Waals surface area (Å²) in [6.45, 7) is 9.26. The monoisotopic (exact) mass is 886 g/mol. The first-order valence-corrected chi connectivity index (χ1v) is 20.4. The zero-order valence-corrected chi connectivity index (χ0v) is 36.1. The summed E-state index contributed by atoms with van der Waals surface area (Å²) in [7, 11) is 3.01. The third-order valence-corrected chi connectivity index (χ3v) is 9.60. The zero-order valence-electron chi connectivity index (χ0n) is 36.1. The van der Waals surface area contributed by atoms with Crippen molar-refractivity contribution in [2.24, 2.45) is 11.8 Å². The quantitative estimate of drug-likeness (QED) is 0.0623. The van der Waals surface area contributed by atoms with Crippen molar-refractivity contribution in [3.63, 3.8) is 0 Å². The van der Waals surface area contributed by atoms with Gasteiger partial charge in [-0.1, -0.05) is 19.9 Å². The first-order valence-electron chi connectivity index (χ1n) is 20.4. The first-order chi connectivity index (χ1) is 29.4. The van der Waals surface area contributed by atoms with Gasteiger partial charge in [-0.25, -0.2) is 14.4 Å². The minimum absolute atomic E-state index is 0.00515. The number of likely N-dealkylation sites (tertiary alicyclic amines) is 1. The van der Waals surface area contributed by atoms with Crippen LogP contribution in [0.2, 0.25) is 0 Å². The molecule has 1 unspecified atom stereocenters. The summed E-state index contributed by atoms with van der Waals surface area (Å²) in [6.07, 6.45) is -10.9. The van der Waals surface area contributed by atoms with Crippen molar-refractivity contribution in [2.45, 2.75) is 84.0 Å². The molecule has 0 bridgehead atoms. The van der Waals surface area contributed by atoms with E-state index in [9.17, 15) is 49.2 Å². The molecule has 2 heterocycles. The van der Waals surface area contributed by atoms with E-state index in [4.69, 9.17) is 37.9 Å². The second-order valence-electron chi connectivity index (χ2n) is 15.2. The number of carbonyl (C=O) groups is 6. The molecule has 5 N–H and O–H groups in total. The third kappa shape index (κ3) is 16.5. The molecule has 0 saturated carbocycles.